The molecule has 0 radical (unpaired) electrons. The van der Waals surface area contributed by atoms with Gasteiger partial charge < -0.3 is 14.4 Å². The summed E-state index contributed by atoms with van der Waals surface area (Å²) in [7, 11) is 0. The van der Waals surface area contributed by atoms with Gasteiger partial charge in [-0.1, -0.05) is 231 Å². The molecule has 0 unspecified atom stereocenters. The van der Waals surface area contributed by atoms with Gasteiger partial charge in [-0.25, -0.2) is 0 Å². The van der Waals surface area contributed by atoms with E-state index in [-0.39, 0.29) is 6.71 Å². The summed E-state index contributed by atoms with van der Waals surface area (Å²) in [6, 6.07) is 108. The highest BCUT2D eigenvalue weighted by molar-refractivity contribution is 7.00. The fraction of sp³-hybridized carbons (Fsp3) is 0.0256. The van der Waals surface area contributed by atoms with Crippen LogP contribution in [0, 0.1) is 12.1 Å². The summed E-state index contributed by atoms with van der Waals surface area (Å²) in [5, 5.41) is 2.43. The van der Waals surface area contributed by atoms with E-state index < -0.39 is 0 Å². The Kier molecular flexibility index (Phi) is 11.4. The lowest BCUT2D eigenvalue weighted by Crippen LogP contribution is -2.61. The molecule has 1 aromatic heterocycles. The van der Waals surface area contributed by atoms with Crippen LogP contribution in [0.15, 0.2) is 291 Å². The number of hydrogen-bond donors (Lipinski definition) is 0. The van der Waals surface area contributed by atoms with Crippen LogP contribution >= 0.6 is 0 Å². The minimum absolute atomic E-state index is 0.138. The Bertz CT molecular complexity index is 4440. The summed E-state index contributed by atoms with van der Waals surface area (Å²) in [6.45, 7) is -0.138. The van der Waals surface area contributed by atoms with Gasteiger partial charge in [-0.15, -0.1) is 0 Å². The normalized spacial score (nSPS) is 13.1. The molecule has 3 nitrogen and oxygen atoms in total. The largest absolute Gasteiger partial charge is 0.311 e. The minimum atomic E-state index is -0.138. The van der Waals surface area contributed by atoms with Gasteiger partial charge in [0.15, 0.2) is 0 Å². The maximum absolute atomic E-state index is 3.36. The lowest BCUT2D eigenvalue weighted by molar-refractivity contribution is 1.04. The average Bonchev–Trinajstić information content (AvgIpc) is 2.59. The van der Waals surface area contributed by atoms with Gasteiger partial charge in [0.2, 0.25) is 0 Å². The van der Waals surface area contributed by atoms with Gasteiger partial charge in [-0.2, -0.15) is 0 Å². The van der Waals surface area contributed by atoms with E-state index in [0.29, 0.717) is 0 Å². The molecule has 16 rings (SSSR count). The van der Waals surface area contributed by atoms with Crippen LogP contribution < -0.4 is 26.2 Å². The van der Waals surface area contributed by atoms with Crippen molar-refractivity contribution in [1.29, 1.82) is 0 Å². The third-order valence-electron chi connectivity index (χ3n) is 17.0. The first-order valence-electron chi connectivity index (χ1n) is 28.5. The van der Waals surface area contributed by atoms with Gasteiger partial charge in [0, 0.05) is 50.5 Å². The molecule has 0 N–H and O–H groups in total. The van der Waals surface area contributed by atoms with E-state index in [1.165, 1.54) is 88.3 Å². The Hall–Kier alpha value is -10.6. The molecular formula is C78H52BN3. The van der Waals surface area contributed by atoms with Gasteiger partial charge in [-0.05, 0) is 163 Å². The molecule has 13 aromatic rings. The predicted octanol–water partition coefficient (Wildman–Crippen LogP) is 18.5. The maximum atomic E-state index is 3.36. The molecule has 382 valence electrons. The summed E-state index contributed by atoms with van der Waals surface area (Å²) in [4.78, 5) is 5.10. The maximum Gasteiger partial charge on any atom is 0.252 e. The van der Waals surface area contributed by atoms with Crippen molar-refractivity contribution in [1.82, 2.24) is 4.57 Å². The van der Waals surface area contributed by atoms with Crippen LogP contribution in [0.3, 0.4) is 0 Å². The number of aromatic nitrogens is 1. The predicted molar refractivity (Wildman–Crippen MR) is 346 cm³/mol. The van der Waals surface area contributed by atoms with E-state index in [0.717, 1.165) is 69.3 Å². The monoisotopic (exact) mass is 1040 g/mol. The molecule has 3 heterocycles. The third-order valence-corrected chi connectivity index (χ3v) is 17.0. The van der Waals surface area contributed by atoms with Crippen LogP contribution in [0.5, 0.6) is 0 Å². The number of nitrogens with zero attached hydrogens (tertiary/aromatic N) is 3. The highest BCUT2D eigenvalue weighted by atomic mass is 15.2. The Balaban J connectivity index is 1.02. The molecule has 0 fully saturated rings. The summed E-state index contributed by atoms with van der Waals surface area (Å²) in [5.74, 6) is 0. The number of hydrogen-bond acceptors (Lipinski definition) is 2. The van der Waals surface area contributed by atoms with Crippen LogP contribution in [-0.4, -0.2) is 11.3 Å². The first-order valence-corrected chi connectivity index (χ1v) is 28.5. The number of benzene rings is 11. The van der Waals surface area contributed by atoms with Crippen LogP contribution in [-0.2, 0) is 0 Å². The lowest BCUT2D eigenvalue weighted by Gasteiger charge is -2.44. The topological polar surface area (TPSA) is 11.4 Å². The van der Waals surface area contributed by atoms with Gasteiger partial charge in [0.25, 0.3) is 6.71 Å². The van der Waals surface area contributed by atoms with Gasteiger partial charge >= 0.3 is 0 Å². The van der Waals surface area contributed by atoms with E-state index in [2.05, 4.69) is 306 Å². The number of fused-ring (bicyclic) bond motifs is 7. The molecule has 3 aliphatic rings. The van der Waals surface area contributed by atoms with Crippen LogP contribution in [0.4, 0.5) is 34.1 Å². The van der Waals surface area contributed by atoms with Crippen molar-refractivity contribution in [2.24, 2.45) is 0 Å². The molecule has 1 aliphatic carbocycles. The number of rotatable bonds is 9. The molecule has 12 aromatic carbocycles. The first kappa shape index (κ1) is 47.4. The fourth-order valence-corrected chi connectivity index (χ4v) is 13.2. The molecule has 2 aliphatic heterocycles. The summed E-state index contributed by atoms with van der Waals surface area (Å²) < 4.78 is 2.56. The summed E-state index contributed by atoms with van der Waals surface area (Å²) >= 11 is 0. The standard InChI is InChI=1S/C78H52BN3/c1-7-19-53(20-8-1)59-31-39-65(40-32-59)80-72-45-37-61(55-23-11-3-12-24-55)47-70(72)79-71-48-62(56-25-13-4-14-26-56)38-46-73(71)81(66-41-33-60(34-42-66)54-21-9-2-10-22-54)77-52-67(51-76(80)78(77)79)82-74-49-63(57-27-15-5-16-28-57)35-43-68(74)69-44-36-64(50-75(69)82)58-29-17-6-18-30-58/h1-5,7-9,11-17,19-21,23-52H,6,18H2. The molecule has 0 spiro atoms. The highest BCUT2D eigenvalue weighted by Gasteiger charge is 2.44. The van der Waals surface area contributed by atoms with Crippen LogP contribution in [0.25, 0.3) is 88.7 Å². The van der Waals surface area contributed by atoms with Crippen molar-refractivity contribution in [2.75, 3.05) is 9.80 Å². The van der Waals surface area contributed by atoms with E-state index in [1.807, 2.05) is 12.1 Å². The second-order valence-corrected chi connectivity index (χ2v) is 21.8. The van der Waals surface area contributed by atoms with Gasteiger partial charge in [-0.3, -0.25) is 0 Å². The highest BCUT2D eigenvalue weighted by Crippen LogP contribution is 2.48. The minimum Gasteiger partial charge on any atom is -0.311 e. The first-order chi connectivity index (χ1) is 40.7. The molecular weight excluding hydrogens is 990 g/mol. The second kappa shape index (κ2) is 19.6. The molecule has 0 bridgehead atoms. The van der Waals surface area contributed by atoms with Crippen molar-refractivity contribution in [3.8, 4) is 61.3 Å². The Morgan fingerprint density at radius 2 is 0.793 bits per heavy atom. The summed E-state index contributed by atoms with van der Waals surface area (Å²) in [5.41, 5.74) is 28.0. The molecule has 4 heteroatoms. The molecule has 82 heavy (non-hydrogen) atoms. The average molecular weight is 1040 g/mol. The second-order valence-electron chi connectivity index (χ2n) is 21.8. The van der Waals surface area contributed by atoms with E-state index in [1.54, 1.807) is 0 Å². The third kappa shape index (κ3) is 8.01. The van der Waals surface area contributed by atoms with Gasteiger partial charge in [0.05, 0.1) is 16.7 Å². The zero-order chi connectivity index (χ0) is 54.1. The SMILES string of the molecule is c1cccc(-c2ccc(N3c4ccc(-c5ccccc5)cc4B4c5cc(-c6ccccc6)ccc5N(c5ccc(-c6ccccc6)cc5)c5cc(-n6c7cc(C8=CCCC=C8)ccc7c7ccc(-c8ccccc8)cc76)cc3c54)cc2)c#1. The van der Waals surface area contributed by atoms with E-state index in [4.69, 9.17) is 0 Å². The molecule has 0 atom stereocenters. The zero-order valence-electron chi connectivity index (χ0n) is 45.0. The van der Waals surface area contributed by atoms with Crippen molar-refractivity contribution >= 4 is 84.6 Å². The Morgan fingerprint density at radius 3 is 1.29 bits per heavy atom. The van der Waals surface area contributed by atoms with Crippen LogP contribution in [0.1, 0.15) is 18.4 Å². The van der Waals surface area contributed by atoms with Crippen molar-refractivity contribution in [2.45, 2.75) is 12.8 Å². The molecule has 0 amide bonds. The summed E-state index contributed by atoms with van der Waals surface area (Å²) in [6.07, 6.45) is 9.10. The quantitative estimate of drug-likeness (QED) is 0.134. The van der Waals surface area contributed by atoms with E-state index >= 15 is 0 Å². The van der Waals surface area contributed by atoms with Crippen molar-refractivity contribution < 1.29 is 0 Å². The lowest BCUT2D eigenvalue weighted by atomic mass is 9.33. The van der Waals surface area contributed by atoms with Crippen molar-refractivity contribution in [3.63, 3.8) is 0 Å². The molecule has 0 saturated heterocycles. The smallest absolute Gasteiger partial charge is 0.252 e. The fourth-order valence-electron chi connectivity index (χ4n) is 13.2. The molecule has 0 saturated carbocycles. The zero-order valence-corrected chi connectivity index (χ0v) is 45.0. The van der Waals surface area contributed by atoms with Crippen LogP contribution in [0.2, 0.25) is 0 Å². The Labute approximate surface area is 479 Å². The number of allylic oxidation sites excluding steroid dienone is 4. The van der Waals surface area contributed by atoms with Gasteiger partial charge in [0.1, 0.15) is 0 Å². The van der Waals surface area contributed by atoms with Crippen molar-refractivity contribution in [3.05, 3.63) is 309 Å². The Morgan fingerprint density at radius 1 is 0.341 bits per heavy atom. The van der Waals surface area contributed by atoms with E-state index in [9.17, 15) is 0 Å². The number of anilines is 6.